The third-order valence-electron chi connectivity index (χ3n) is 6.04. The lowest BCUT2D eigenvalue weighted by atomic mass is 9.85. The van der Waals surface area contributed by atoms with Crippen LogP contribution in [0.4, 0.5) is 5.69 Å². The lowest BCUT2D eigenvalue weighted by Crippen LogP contribution is -2.32. The number of fused-ring (bicyclic) bond motifs is 5. The van der Waals surface area contributed by atoms with Gasteiger partial charge in [0.15, 0.2) is 0 Å². The summed E-state index contributed by atoms with van der Waals surface area (Å²) in [5, 5.41) is 0. The number of imide groups is 1. The van der Waals surface area contributed by atoms with Gasteiger partial charge in [0.2, 0.25) is 11.8 Å². The summed E-state index contributed by atoms with van der Waals surface area (Å²) in [7, 11) is 0. The fourth-order valence-corrected chi connectivity index (χ4v) is 4.71. The summed E-state index contributed by atoms with van der Waals surface area (Å²) >= 11 is 0. The van der Waals surface area contributed by atoms with E-state index in [9.17, 15) is 14.4 Å². The average Bonchev–Trinajstić information content (AvgIpc) is 3.41. The lowest BCUT2D eigenvalue weighted by molar-refractivity contribution is -0.123. The van der Waals surface area contributed by atoms with Crippen molar-refractivity contribution in [1.29, 1.82) is 0 Å². The Hall–Kier alpha value is -3.21. The van der Waals surface area contributed by atoms with Gasteiger partial charge in [0.1, 0.15) is 6.61 Å². The van der Waals surface area contributed by atoms with Gasteiger partial charge in [-0.3, -0.25) is 14.5 Å². The van der Waals surface area contributed by atoms with E-state index in [0.29, 0.717) is 11.3 Å². The van der Waals surface area contributed by atoms with Crippen LogP contribution >= 0.6 is 0 Å². The van der Waals surface area contributed by atoms with Crippen LogP contribution in [-0.2, 0) is 20.9 Å². The fourth-order valence-electron chi connectivity index (χ4n) is 4.71. The van der Waals surface area contributed by atoms with E-state index in [4.69, 9.17) is 4.74 Å². The van der Waals surface area contributed by atoms with E-state index in [-0.39, 0.29) is 42.1 Å². The van der Waals surface area contributed by atoms with Crippen molar-refractivity contribution in [3.05, 3.63) is 77.9 Å². The van der Waals surface area contributed by atoms with Gasteiger partial charge in [-0.1, -0.05) is 42.5 Å². The summed E-state index contributed by atoms with van der Waals surface area (Å²) in [6.07, 6.45) is 5.06. The van der Waals surface area contributed by atoms with E-state index in [1.165, 1.54) is 4.90 Å². The van der Waals surface area contributed by atoms with Gasteiger partial charge in [-0.25, -0.2) is 4.79 Å². The van der Waals surface area contributed by atoms with Crippen molar-refractivity contribution in [1.82, 2.24) is 0 Å². The summed E-state index contributed by atoms with van der Waals surface area (Å²) in [5.74, 6) is -0.755. The van der Waals surface area contributed by atoms with Gasteiger partial charge >= 0.3 is 5.97 Å². The van der Waals surface area contributed by atoms with Gasteiger partial charge in [-0.2, -0.15) is 0 Å². The molecule has 4 atom stereocenters. The first-order valence-electron chi connectivity index (χ1n) is 9.51. The fraction of sp³-hybridized carbons (Fsp3) is 0.261. The smallest absolute Gasteiger partial charge is 0.338 e. The Kier molecular flexibility index (Phi) is 3.90. The summed E-state index contributed by atoms with van der Waals surface area (Å²) in [6.45, 7) is 0.198. The van der Waals surface area contributed by atoms with Crippen LogP contribution in [0.1, 0.15) is 22.3 Å². The molecule has 0 radical (unpaired) electrons. The first kappa shape index (κ1) is 16.9. The topological polar surface area (TPSA) is 63.7 Å². The molecule has 0 unspecified atom stereocenters. The number of hydrogen-bond donors (Lipinski definition) is 0. The lowest BCUT2D eigenvalue weighted by Gasteiger charge is -2.17. The number of esters is 1. The van der Waals surface area contributed by atoms with Gasteiger partial charge < -0.3 is 4.74 Å². The minimum atomic E-state index is -0.436. The molecule has 0 N–H and O–H groups in total. The monoisotopic (exact) mass is 373 g/mol. The number of anilines is 1. The summed E-state index contributed by atoms with van der Waals surface area (Å²) in [4.78, 5) is 39.2. The van der Waals surface area contributed by atoms with E-state index in [0.717, 1.165) is 12.0 Å². The second kappa shape index (κ2) is 6.44. The zero-order valence-corrected chi connectivity index (χ0v) is 15.2. The normalized spacial score (nSPS) is 27.4. The number of benzene rings is 2. The predicted molar refractivity (Wildman–Crippen MR) is 102 cm³/mol. The molecule has 28 heavy (non-hydrogen) atoms. The number of ether oxygens (including phenoxy) is 1. The first-order valence-corrected chi connectivity index (χ1v) is 9.51. The Balaban J connectivity index is 1.30. The van der Waals surface area contributed by atoms with E-state index in [2.05, 4.69) is 12.2 Å². The quantitative estimate of drug-likeness (QED) is 0.468. The maximum atomic E-state index is 12.8. The minimum absolute atomic E-state index is 0.119. The van der Waals surface area contributed by atoms with Crippen LogP contribution in [-0.4, -0.2) is 17.8 Å². The van der Waals surface area contributed by atoms with Crippen molar-refractivity contribution in [2.24, 2.45) is 23.7 Å². The number of rotatable bonds is 4. The summed E-state index contributed by atoms with van der Waals surface area (Å²) in [6, 6.07) is 15.9. The Bertz CT molecular complexity index is 949. The summed E-state index contributed by atoms with van der Waals surface area (Å²) < 4.78 is 5.32. The molecular formula is C23H19NO4. The highest BCUT2D eigenvalue weighted by atomic mass is 16.5. The zero-order valence-electron chi connectivity index (χ0n) is 15.2. The Morgan fingerprint density at radius 1 is 0.893 bits per heavy atom. The molecule has 2 aromatic rings. The van der Waals surface area contributed by atoms with E-state index < -0.39 is 5.97 Å². The molecule has 1 saturated carbocycles. The Labute approximate surface area is 162 Å². The van der Waals surface area contributed by atoms with Crippen LogP contribution in [0.25, 0.3) is 0 Å². The third-order valence-corrected chi connectivity index (χ3v) is 6.04. The Morgan fingerprint density at radius 2 is 1.50 bits per heavy atom. The van der Waals surface area contributed by atoms with Gasteiger partial charge in [0.05, 0.1) is 23.1 Å². The van der Waals surface area contributed by atoms with Crippen molar-refractivity contribution in [3.63, 3.8) is 0 Å². The van der Waals surface area contributed by atoms with Crippen LogP contribution in [0.2, 0.25) is 0 Å². The molecule has 5 heteroatoms. The molecule has 2 aliphatic carbocycles. The maximum Gasteiger partial charge on any atom is 0.338 e. The SMILES string of the molecule is O=C(OCc1ccccc1)c1ccc(N2C(=O)[C@@H]3[C@H](C2=O)[C@H]2C=C[C@@H]3C2)cc1. The van der Waals surface area contributed by atoms with Crippen LogP contribution in [0.15, 0.2) is 66.7 Å². The number of carbonyl (C=O) groups is 3. The van der Waals surface area contributed by atoms with Crippen molar-refractivity contribution in [2.75, 3.05) is 4.90 Å². The molecule has 5 rings (SSSR count). The average molecular weight is 373 g/mol. The molecule has 1 aliphatic heterocycles. The van der Waals surface area contributed by atoms with Crippen LogP contribution < -0.4 is 4.90 Å². The van der Waals surface area contributed by atoms with Crippen LogP contribution in [0.5, 0.6) is 0 Å². The first-order chi connectivity index (χ1) is 13.6. The molecule has 2 fully saturated rings. The molecule has 1 heterocycles. The van der Waals surface area contributed by atoms with Gasteiger partial charge in [-0.05, 0) is 48.1 Å². The van der Waals surface area contributed by atoms with E-state index >= 15 is 0 Å². The number of nitrogens with zero attached hydrogens (tertiary/aromatic N) is 1. The molecule has 2 aromatic carbocycles. The largest absolute Gasteiger partial charge is 0.457 e. The molecule has 140 valence electrons. The number of hydrogen-bond acceptors (Lipinski definition) is 4. The second-order valence-electron chi connectivity index (χ2n) is 7.62. The third kappa shape index (κ3) is 2.58. The van der Waals surface area contributed by atoms with Crippen molar-refractivity contribution < 1.29 is 19.1 Å². The highest BCUT2D eigenvalue weighted by molar-refractivity contribution is 6.22. The predicted octanol–water partition coefficient (Wildman–Crippen LogP) is 3.36. The van der Waals surface area contributed by atoms with Crippen LogP contribution in [0, 0.1) is 23.7 Å². The zero-order chi connectivity index (χ0) is 19.3. The molecular weight excluding hydrogens is 354 g/mol. The highest BCUT2D eigenvalue weighted by Crippen LogP contribution is 2.53. The summed E-state index contributed by atoms with van der Waals surface area (Å²) in [5.41, 5.74) is 1.82. The molecule has 2 bridgehead atoms. The van der Waals surface area contributed by atoms with Crippen molar-refractivity contribution in [3.8, 4) is 0 Å². The van der Waals surface area contributed by atoms with Gasteiger partial charge in [0, 0.05) is 0 Å². The van der Waals surface area contributed by atoms with Gasteiger partial charge in [-0.15, -0.1) is 0 Å². The van der Waals surface area contributed by atoms with E-state index in [1.807, 2.05) is 30.3 Å². The minimum Gasteiger partial charge on any atom is -0.457 e. The maximum absolute atomic E-state index is 12.8. The van der Waals surface area contributed by atoms with Crippen LogP contribution in [0.3, 0.4) is 0 Å². The molecule has 2 amide bonds. The van der Waals surface area contributed by atoms with E-state index in [1.54, 1.807) is 24.3 Å². The highest BCUT2D eigenvalue weighted by Gasteiger charge is 2.59. The molecule has 1 saturated heterocycles. The Morgan fingerprint density at radius 3 is 2.11 bits per heavy atom. The van der Waals surface area contributed by atoms with Crippen molar-refractivity contribution in [2.45, 2.75) is 13.0 Å². The second-order valence-corrected chi connectivity index (χ2v) is 7.62. The van der Waals surface area contributed by atoms with Crippen molar-refractivity contribution >= 4 is 23.5 Å². The molecule has 0 spiro atoms. The number of allylic oxidation sites excluding steroid dienone is 2. The van der Waals surface area contributed by atoms with Gasteiger partial charge in [0.25, 0.3) is 0 Å². The molecule has 0 aromatic heterocycles. The molecule has 3 aliphatic rings. The number of amides is 2. The standard InChI is InChI=1S/C23H19NO4/c25-21-19-16-6-7-17(12-16)20(19)22(26)24(21)18-10-8-15(9-11-18)23(27)28-13-14-4-2-1-3-5-14/h1-11,16-17,19-20H,12-13H2/t16-,17+,19+,20-. The molecule has 5 nitrogen and oxygen atoms in total. The number of carbonyl (C=O) groups excluding carboxylic acids is 3.